The van der Waals surface area contributed by atoms with Crippen molar-refractivity contribution in [1.29, 1.82) is 0 Å². The van der Waals surface area contributed by atoms with E-state index in [0.717, 1.165) is 0 Å². The van der Waals surface area contributed by atoms with Gasteiger partial charge in [-0.05, 0) is 48.5 Å². The zero-order valence-electron chi connectivity index (χ0n) is 13.3. The fraction of sp³-hybridized carbons (Fsp3) is 0.125. The smallest absolute Gasteiger partial charge is 0.338 e. The highest BCUT2D eigenvalue weighted by molar-refractivity contribution is 7.89. The summed E-state index contributed by atoms with van der Waals surface area (Å²) in [6.07, 6.45) is 0. The van der Waals surface area contributed by atoms with E-state index in [2.05, 4.69) is 5.32 Å². The molecule has 0 aliphatic heterocycles. The quantitative estimate of drug-likeness (QED) is 0.741. The summed E-state index contributed by atoms with van der Waals surface area (Å²) in [5.41, 5.74) is 0.629. The van der Waals surface area contributed by atoms with Crippen LogP contribution < -0.4 is 15.2 Å². The Kier molecular flexibility index (Phi) is 5.73. The number of ether oxygens (including phenoxy) is 2. The summed E-state index contributed by atoms with van der Waals surface area (Å²) >= 11 is 0. The third kappa shape index (κ3) is 5.30. The van der Waals surface area contributed by atoms with Crippen LogP contribution in [-0.4, -0.2) is 34.0 Å². The molecule has 2 rings (SSSR count). The van der Waals surface area contributed by atoms with Crippen LogP contribution in [0.4, 0.5) is 5.69 Å². The summed E-state index contributed by atoms with van der Waals surface area (Å²) in [5, 5.41) is 7.46. The SMILES string of the molecule is COc1ccc(C(=O)OCC(=O)Nc2ccc(S(N)(=O)=O)cc2)cc1. The van der Waals surface area contributed by atoms with E-state index in [9.17, 15) is 18.0 Å². The van der Waals surface area contributed by atoms with E-state index in [-0.39, 0.29) is 10.5 Å². The molecule has 0 bridgehead atoms. The number of anilines is 1. The average molecular weight is 364 g/mol. The molecule has 1 amide bonds. The Morgan fingerprint density at radius 1 is 1.04 bits per heavy atom. The Morgan fingerprint density at radius 2 is 1.64 bits per heavy atom. The summed E-state index contributed by atoms with van der Waals surface area (Å²) in [6, 6.07) is 11.5. The molecule has 0 fully saturated rings. The summed E-state index contributed by atoms with van der Waals surface area (Å²) in [5.74, 6) is -0.621. The van der Waals surface area contributed by atoms with Gasteiger partial charge in [-0.1, -0.05) is 0 Å². The van der Waals surface area contributed by atoms with Gasteiger partial charge in [-0.2, -0.15) is 0 Å². The van der Waals surface area contributed by atoms with Crippen molar-refractivity contribution >= 4 is 27.6 Å². The van der Waals surface area contributed by atoms with Gasteiger partial charge in [-0.25, -0.2) is 18.4 Å². The van der Waals surface area contributed by atoms with Gasteiger partial charge in [0.05, 0.1) is 17.6 Å². The predicted octanol–water partition coefficient (Wildman–Crippen LogP) is 1.14. The number of carbonyl (C=O) groups excluding carboxylic acids is 2. The number of hydrogen-bond donors (Lipinski definition) is 2. The number of carbonyl (C=O) groups is 2. The van der Waals surface area contributed by atoms with Gasteiger partial charge in [0.15, 0.2) is 6.61 Å². The summed E-state index contributed by atoms with van der Waals surface area (Å²) in [6.45, 7) is -0.484. The lowest BCUT2D eigenvalue weighted by Gasteiger charge is -2.07. The Morgan fingerprint density at radius 3 is 2.16 bits per heavy atom. The molecule has 0 spiro atoms. The van der Waals surface area contributed by atoms with E-state index in [4.69, 9.17) is 14.6 Å². The molecule has 0 unspecified atom stereocenters. The van der Waals surface area contributed by atoms with Crippen molar-refractivity contribution in [2.75, 3.05) is 19.0 Å². The number of amides is 1. The molecule has 9 heteroatoms. The number of hydrogen-bond acceptors (Lipinski definition) is 6. The summed E-state index contributed by atoms with van der Waals surface area (Å²) < 4.78 is 32.2. The lowest BCUT2D eigenvalue weighted by molar-refractivity contribution is -0.119. The number of nitrogens with one attached hydrogen (secondary N) is 1. The van der Waals surface area contributed by atoms with Gasteiger partial charge >= 0.3 is 5.97 Å². The van der Waals surface area contributed by atoms with Gasteiger partial charge in [-0.15, -0.1) is 0 Å². The van der Waals surface area contributed by atoms with Crippen LogP contribution in [0.5, 0.6) is 5.75 Å². The molecule has 8 nitrogen and oxygen atoms in total. The largest absolute Gasteiger partial charge is 0.497 e. The molecule has 0 aliphatic rings. The zero-order chi connectivity index (χ0) is 18.4. The molecule has 0 saturated heterocycles. The van der Waals surface area contributed by atoms with Crippen molar-refractivity contribution in [2.45, 2.75) is 4.90 Å². The summed E-state index contributed by atoms with van der Waals surface area (Å²) in [4.78, 5) is 23.5. The fourth-order valence-corrected chi connectivity index (χ4v) is 2.38. The number of benzene rings is 2. The standard InChI is InChI=1S/C16H16N2O6S/c1-23-13-6-2-11(3-7-13)16(20)24-10-15(19)18-12-4-8-14(9-5-12)25(17,21)22/h2-9H,10H2,1H3,(H,18,19)(H2,17,21,22). The molecule has 0 aliphatic carbocycles. The summed E-state index contributed by atoms with van der Waals surface area (Å²) in [7, 11) is -2.29. The first-order valence-electron chi connectivity index (χ1n) is 7.03. The number of rotatable bonds is 6. The van der Waals surface area contributed by atoms with Crippen LogP contribution in [0.3, 0.4) is 0 Å². The van der Waals surface area contributed by atoms with Crippen LogP contribution in [0.1, 0.15) is 10.4 Å². The first-order valence-corrected chi connectivity index (χ1v) is 8.58. The maximum atomic E-state index is 11.8. The van der Waals surface area contributed by atoms with E-state index in [1.54, 1.807) is 12.1 Å². The van der Waals surface area contributed by atoms with E-state index < -0.39 is 28.5 Å². The molecular formula is C16H16N2O6S. The number of esters is 1. The van der Waals surface area contributed by atoms with Crippen LogP contribution in [-0.2, 0) is 19.6 Å². The second-order valence-electron chi connectivity index (χ2n) is 4.92. The highest BCUT2D eigenvalue weighted by Crippen LogP contribution is 2.13. The minimum absolute atomic E-state index is 0.0727. The Bertz CT molecular complexity index is 861. The van der Waals surface area contributed by atoms with Gasteiger partial charge in [0.25, 0.3) is 5.91 Å². The molecule has 132 valence electrons. The second kappa shape index (κ2) is 7.77. The molecule has 25 heavy (non-hydrogen) atoms. The molecule has 0 saturated carbocycles. The van der Waals surface area contributed by atoms with Crippen molar-refractivity contribution in [3.8, 4) is 5.75 Å². The first kappa shape index (κ1) is 18.4. The molecule has 0 heterocycles. The van der Waals surface area contributed by atoms with Crippen molar-refractivity contribution < 1.29 is 27.5 Å². The number of nitrogens with two attached hydrogens (primary N) is 1. The minimum Gasteiger partial charge on any atom is -0.497 e. The van der Waals surface area contributed by atoms with Crippen LogP contribution in [0.15, 0.2) is 53.4 Å². The Hall–Kier alpha value is -2.91. The molecule has 2 aromatic rings. The normalized spacial score (nSPS) is 10.8. The lowest BCUT2D eigenvalue weighted by Crippen LogP contribution is -2.21. The van der Waals surface area contributed by atoms with Crippen LogP contribution in [0, 0.1) is 0 Å². The first-order chi connectivity index (χ1) is 11.8. The molecule has 0 radical (unpaired) electrons. The Balaban J connectivity index is 1.88. The topological polar surface area (TPSA) is 125 Å². The average Bonchev–Trinajstić information content (AvgIpc) is 2.59. The second-order valence-corrected chi connectivity index (χ2v) is 6.48. The lowest BCUT2D eigenvalue weighted by atomic mass is 10.2. The highest BCUT2D eigenvalue weighted by Gasteiger charge is 2.11. The van der Waals surface area contributed by atoms with E-state index >= 15 is 0 Å². The molecule has 0 aromatic heterocycles. The van der Waals surface area contributed by atoms with Gasteiger partial charge in [0.2, 0.25) is 10.0 Å². The van der Waals surface area contributed by atoms with Crippen molar-refractivity contribution in [1.82, 2.24) is 0 Å². The third-order valence-electron chi connectivity index (χ3n) is 3.13. The van der Waals surface area contributed by atoms with Crippen LogP contribution in [0.2, 0.25) is 0 Å². The maximum absolute atomic E-state index is 11.8. The number of sulfonamides is 1. The van der Waals surface area contributed by atoms with Crippen molar-refractivity contribution in [2.24, 2.45) is 5.14 Å². The zero-order valence-corrected chi connectivity index (χ0v) is 14.1. The predicted molar refractivity (Wildman–Crippen MR) is 89.7 cm³/mol. The molecule has 2 aromatic carbocycles. The van der Waals surface area contributed by atoms with Gasteiger partial charge in [0, 0.05) is 5.69 Å². The molecular weight excluding hydrogens is 348 g/mol. The van der Waals surface area contributed by atoms with Gasteiger partial charge < -0.3 is 14.8 Å². The molecule has 0 atom stereocenters. The van der Waals surface area contributed by atoms with E-state index in [1.807, 2.05) is 0 Å². The van der Waals surface area contributed by atoms with Crippen molar-refractivity contribution in [3.63, 3.8) is 0 Å². The minimum atomic E-state index is -3.80. The van der Waals surface area contributed by atoms with Crippen molar-refractivity contribution in [3.05, 3.63) is 54.1 Å². The van der Waals surface area contributed by atoms with Gasteiger partial charge in [0.1, 0.15) is 5.75 Å². The maximum Gasteiger partial charge on any atom is 0.338 e. The number of primary sulfonamides is 1. The highest BCUT2D eigenvalue weighted by atomic mass is 32.2. The van der Waals surface area contributed by atoms with Crippen LogP contribution in [0.25, 0.3) is 0 Å². The number of methoxy groups -OCH3 is 1. The Labute approximate surface area is 144 Å². The van der Waals surface area contributed by atoms with E-state index in [1.165, 1.54) is 43.5 Å². The third-order valence-corrected chi connectivity index (χ3v) is 4.06. The monoisotopic (exact) mass is 364 g/mol. The van der Waals surface area contributed by atoms with E-state index in [0.29, 0.717) is 11.4 Å². The van der Waals surface area contributed by atoms with Gasteiger partial charge in [-0.3, -0.25) is 4.79 Å². The van der Waals surface area contributed by atoms with Crippen LogP contribution >= 0.6 is 0 Å². The molecule has 3 N–H and O–H groups in total. The fourth-order valence-electron chi connectivity index (χ4n) is 1.87.